The van der Waals surface area contributed by atoms with E-state index in [1.165, 1.54) is 0 Å². The predicted octanol–water partition coefficient (Wildman–Crippen LogP) is 2.03. The number of carboxylic acid groups (broad SMARTS) is 2. The van der Waals surface area contributed by atoms with Gasteiger partial charge in [-0.05, 0) is 68.3 Å². The van der Waals surface area contributed by atoms with E-state index in [0.717, 1.165) is 31.5 Å². The van der Waals surface area contributed by atoms with Crippen LogP contribution in [0.25, 0.3) is 0 Å². The first kappa shape index (κ1) is 15.8. The SMILES string of the molecule is O=C(O)c1ccc(N[C@H]2CC[C@H]3CN[C@H](C(=O)O)C[C@H]3C2)cc1. The van der Waals surface area contributed by atoms with Gasteiger partial charge in [-0.1, -0.05) is 0 Å². The third kappa shape index (κ3) is 3.64. The van der Waals surface area contributed by atoms with Crippen molar-refractivity contribution in [2.45, 2.75) is 37.8 Å². The van der Waals surface area contributed by atoms with E-state index in [0.29, 0.717) is 24.3 Å². The van der Waals surface area contributed by atoms with Gasteiger partial charge in [-0.2, -0.15) is 0 Å². The lowest BCUT2D eigenvalue weighted by Crippen LogP contribution is -2.50. The van der Waals surface area contributed by atoms with Gasteiger partial charge in [-0.15, -0.1) is 0 Å². The number of anilines is 1. The molecule has 23 heavy (non-hydrogen) atoms. The third-order valence-electron chi connectivity index (χ3n) is 5.11. The highest BCUT2D eigenvalue weighted by atomic mass is 16.4. The Morgan fingerprint density at radius 1 is 1.04 bits per heavy atom. The highest BCUT2D eigenvalue weighted by Gasteiger charge is 2.37. The Labute approximate surface area is 134 Å². The van der Waals surface area contributed by atoms with Crippen LogP contribution in [0.15, 0.2) is 24.3 Å². The van der Waals surface area contributed by atoms with E-state index < -0.39 is 18.0 Å². The van der Waals surface area contributed by atoms with Crippen LogP contribution >= 0.6 is 0 Å². The number of carbonyl (C=O) groups is 2. The molecular formula is C17H22N2O4. The lowest BCUT2D eigenvalue weighted by atomic mass is 9.72. The van der Waals surface area contributed by atoms with Gasteiger partial charge in [0.05, 0.1) is 5.56 Å². The predicted molar refractivity (Wildman–Crippen MR) is 85.7 cm³/mol. The maximum absolute atomic E-state index is 11.2. The number of fused-ring (bicyclic) bond motifs is 1. The van der Waals surface area contributed by atoms with Crippen LogP contribution in [-0.4, -0.2) is 40.8 Å². The third-order valence-corrected chi connectivity index (χ3v) is 5.11. The summed E-state index contributed by atoms with van der Waals surface area (Å²) in [4.78, 5) is 22.0. The molecule has 1 aliphatic heterocycles. The number of piperidine rings is 1. The molecule has 0 radical (unpaired) electrons. The molecule has 0 amide bonds. The van der Waals surface area contributed by atoms with Gasteiger partial charge >= 0.3 is 11.9 Å². The standard InChI is InChI=1S/C17H22N2O4/c20-16(21)10-1-4-13(5-2-10)19-14-6-3-11-9-18-15(17(22)23)8-12(11)7-14/h1-2,4-5,11-12,14-15,18-19H,3,6-9H2,(H,20,21)(H,22,23)/t11-,12+,14-,15-/m0/s1. The van der Waals surface area contributed by atoms with Crippen LogP contribution in [0, 0.1) is 11.8 Å². The molecule has 3 rings (SSSR count). The number of rotatable bonds is 4. The molecule has 0 aromatic heterocycles. The van der Waals surface area contributed by atoms with Crippen molar-refractivity contribution in [2.75, 3.05) is 11.9 Å². The van der Waals surface area contributed by atoms with Crippen molar-refractivity contribution < 1.29 is 19.8 Å². The number of aliphatic carboxylic acids is 1. The summed E-state index contributed by atoms with van der Waals surface area (Å²) in [6.07, 6.45) is 3.81. The average molecular weight is 318 g/mol. The van der Waals surface area contributed by atoms with Crippen LogP contribution in [0.4, 0.5) is 5.69 Å². The first-order valence-electron chi connectivity index (χ1n) is 8.09. The van der Waals surface area contributed by atoms with Crippen LogP contribution in [0.2, 0.25) is 0 Å². The summed E-state index contributed by atoms with van der Waals surface area (Å²) in [5.74, 6) is -0.686. The molecular weight excluding hydrogens is 296 g/mol. The van der Waals surface area contributed by atoms with E-state index in [2.05, 4.69) is 10.6 Å². The summed E-state index contributed by atoms with van der Waals surface area (Å²) < 4.78 is 0. The van der Waals surface area contributed by atoms with Crippen molar-refractivity contribution in [1.82, 2.24) is 5.32 Å². The summed E-state index contributed by atoms with van der Waals surface area (Å²) in [6.45, 7) is 0.793. The molecule has 4 N–H and O–H groups in total. The summed E-state index contributed by atoms with van der Waals surface area (Å²) >= 11 is 0. The molecule has 1 aromatic rings. The van der Waals surface area contributed by atoms with Crippen molar-refractivity contribution in [3.8, 4) is 0 Å². The fourth-order valence-electron chi connectivity index (χ4n) is 3.83. The molecule has 6 nitrogen and oxygen atoms in total. The number of aromatic carboxylic acids is 1. The lowest BCUT2D eigenvalue weighted by molar-refractivity contribution is -0.141. The highest BCUT2D eigenvalue weighted by Crippen LogP contribution is 2.36. The monoisotopic (exact) mass is 318 g/mol. The molecule has 0 bridgehead atoms. The van der Waals surface area contributed by atoms with Crippen LogP contribution in [0.5, 0.6) is 0 Å². The van der Waals surface area contributed by atoms with Crippen molar-refractivity contribution >= 4 is 17.6 Å². The maximum atomic E-state index is 11.2. The summed E-state index contributed by atoms with van der Waals surface area (Å²) in [5.41, 5.74) is 1.20. The van der Waals surface area contributed by atoms with E-state index in [4.69, 9.17) is 5.11 Å². The number of hydrogen-bond donors (Lipinski definition) is 4. The lowest BCUT2D eigenvalue weighted by Gasteiger charge is -2.42. The van der Waals surface area contributed by atoms with Gasteiger partial charge in [0.25, 0.3) is 0 Å². The topological polar surface area (TPSA) is 98.7 Å². The molecule has 4 atom stereocenters. The summed E-state index contributed by atoms with van der Waals surface area (Å²) in [7, 11) is 0. The molecule has 1 aromatic carbocycles. The number of hydrogen-bond acceptors (Lipinski definition) is 4. The van der Waals surface area contributed by atoms with Crippen LogP contribution in [-0.2, 0) is 4.79 Å². The molecule has 1 saturated carbocycles. The molecule has 1 aliphatic carbocycles. The zero-order valence-corrected chi connectivity index (χ0v) is 12.9. The van der Waals surface area contributed by atoms with E-state index in [9.17, 15) is 14.7 Å². The van der Waals surface area contributed by atoms with Crippen LogP contribution in [0.3, 0.4) is 0 Å². The van der Waals surface area contributed by atoms with Crippen LogP contribution in [0.1, 0.15) is 36.0 Å². The van der Waals surface area contributed by atoms with Gasteiger partial charge in [-0.3, -0.25) is 4.79 Å². The zero-order chi connectivity index (χ0) is 16.4. The minimum atomic E-state index is -0.925. The molecule has 1 heterocycles. The van der Waals surface area contributed by atoms with Crippen molar-refractivity contribution in [2.24, 2.45) is 11.8 Å². The molecule has 6 heteroatoms. The van der Waals surface area contributed by atoms with Gasteiger partial charge < -0.3 is 20.8 Å². The minimum absolute atomic E-state index is 0.280. The summed E-state index contributed by atoms with van der Waals surface area (Å²) in [5, 5.41) is 24.7. The fraction of sp³-hybridized carbons (Fsp3) is 0.529. The van der Waals surface area contributed by atoms with Crippen molar-refractivity contribution in [1.29, 1.82) is 0 Å². The van der Waals surface area contributed by atoms with Gasteiger partial charge in [0, 0.05) is 11.7 Å². The normalized spacial score (nSPS) is 30.3. The van der Waals surface area contributed by atoms with Gasteiger partial charge in [-0.25, -0.2) is 4.79 Å². The summed E-state index contributed by atoms with van der Waals surface area (Å²) in [6, 6.07) is 6.67. The molecule has 124 valence electrons. The second-order valence-corrected chi connectivity index (χ2v) is 6.59. The first-order valence-corrected chi connectivity index (χ1v) is 8.09. The molecule has 2 aliphatic rings. The van der Waals surface area contributed by atoms with E-state index >= 15 is 0 Å². The number of carboxylic acids is 2. The second-order valence-electron chi connectivity index (χ2n) is 6.59. The van der Waals surface area contributed by atoms with E-state index in [1.54, 1.807) is 24.3 Å². The Hall–Kier alpha value is -2.08. The van der Waals surface area contributed by atoms with Gasteiger partial charge in [0.15, 0.2) is 0 Å². The maximum Gasteiger partial charge on any atom is 0.335 e. The first-order chi connectivity index (χ1) is 11.0. The Morgan fingerprint density at radius 2 is 1.78 bits per heavy atom. The Morgan fingerprint density at radius 3 is 2.43 bits per heavy atom. The second kappa shape index (κ2) is 6.58. The Kier molecular flexibility index (Phi) is 4.52. The molecule has 0 spiro atoms. The van der Waals surface area contributed by atoms with Gasteiger partial charge in [0.2, 0.25) is 0 Å². The number of nitrogens with one attached hydrogen (secondary N) is 2. The molecule has 1 saturated heterocycles. The Balaban J connectivity index is 1.59. The quantitative estimate of drug-likeness (QED) is 0.678. The van der Waals surface area contributed by atoms with Crippen molar-refractivity contribution in [3.05, 3.63) is 29.8 Å². The van der Waals surface area contributed by atoms with Crippen LogP contribution < -0.4 is 10.6 Å². The highest BCUT2D eigenvalue weighted by molar-refractivity contribution is 5.88. The zero-order valence-electron chi connectivity index (χ0n) is 12.9. The molecule has 0 unspecified atom stereocenters. The van der Waals surface area contributed by atoms with E-state index in [-0.39, 0.29) is 5.56 Å². The average Bonchev–Trinajstić information content (AvgIpc) is 2.54. The Bertz CT molecular complexity index is 587. The van der Waals surface area contributed by atoms with Crippen molar-refractivity contribution in [3.63, 3.8) is 0 Å². The smallest absolute Gasteiger partial charge is 0.335 e. The number of benzene rings is 1. The molecule has 2 fully saturated rings. The van der Waals surface area contributed by atoms with E-state index in [1.807, 2.05) is 0 Å². The fourth-order valence-corrected chi connectivity index (χ4v) is 3.83. The minimum Gasteiger partial charge on any atom is -0.480 e. The van der Waals surface area contributed by atoms with Gasteiger partial charge in [0.1, 0.15) is 6.04 Å². The largest absolute Gasteiger partial charge is 0.480 e.